The molecule has 4 N–H and O–H groups in total. The first kappa shape index (κ1) is 23.0. The number of nitrogens with zero attached hydrogens (tertiary/aromatic N) is 4. The van der Waals surface area contributed by atoms with E-state index in [1.54, 1.807) is 7.11 Å². The number of anilines is 2. The number of nitriles is 1. The topological polar surface area (TPSA) is 146 Å². The fourth-order valence-corrected chi connectivity index (χ4v) is 4.07. The lowest BCUT2D eigenvalue weighted by atomic mass is 9.73. The molecule has 1 aliphatic heterocycles. The van der Waals surface area contributed by atoms with Crippen molar-refractivity contribution in [2.45, 2.75) is 25.3 Å². The maximum Gasteiger partial charge on any atom is 0.407 e. The zero-order chi connectivity index (χ0) is 23.3. The maximum atomic E-state index is 13.2. The molecular formula is C21H25FN6O4. The van der Waals surface area contributed by atoms with E-state index >= 15 is 0 Å². The molecule has 1 aliphatic rings. The Bertz CT molecular complexity index is 1020. The van der Waals surface area contributed by atoms with Crippen molar-refractivity contribution in [1.82, 2.24) is 14.7 Å². The first-order valence-electron chi connectivity index (χ1n) is 10.1. The predicted molar refractivity (Wildman–Crippen MR) is 113 cm³/mol. The molecule has 3 rings (SSSR count). The first-order valence-corrected chi connectivity index (χ1v) is 10.1. The highest BCUT2D eigenvalue weighted by Gasteiger charge is 2.46. The molecule has 2 aromatic rings. The van der Waals surface area contributed by atoms with E-state index in [0.29, 0.717) is 31.6 Å². The zero-order valence-electron chi connectivity index (χ0n) is 17.6. The van der Waals surface area contributed by atoms with Gasteiger partial charge in [0.25, 0.3) is 5.91 Å². The minimum absolute atomic E-state index is 0.0136. The fraction of sp³-hybridized carbons (Fsp3) is 0.429. The second kappa shape index (κ2) is 9.65. The highest BCUT2D eigenvalue weighted by Crippen LogP contribution is 2.43. The third-order valence-electron chi connectivity index (χ3n) is 5.67. The molecule has 2 heterocycles. The van der Waals surface area contributed by atoms with Gasteiger partial charge in [0.1, 0.15) is 11.4 Å². The molecule has 0 aliphatic carbocycles. The van der Waals surface area contributed by atoms with Gasteiger partial charge in [-0.15, -0.1) is 0 Å². The van der Waals surface area contributed by atoms with Gasteiger partial charge in [0.05, 0.1) is 17.5 Å². The summed E-state index contributed by atoms with van der Waals surface area (Å²) < 4.78 is 19.8. The largest absolute Gasteiger partial charge is 0.465 e. The van der Waals surface area contributed by atoms with Crippen LogP contribution in [0.3, 0.4) is 0 Å². The number of benzene rings is 1. The Balaban J connectivity index is 1.97. The summed E-state index contributed by atoms with van der Waals surface area (Å²) >= 11 is 0. The van der Waals surface area contributed by atoms with Gasteiger partial charge in [0.15, 0.2) is 5.82 Å². The number of rotatable bonds is 8. The molecule has 0 saturated carbocycles. The van der Waals surface area contributed by atoms with Crippen LogP contribution in [0.25, 0.3) is 0 Å². The van der Waals surface area contributed by atoms with Crippen molar-refractivity contribution in [3.05, 3.63) is 41.8 Å². The van der Waals surface area contributed by atoms with Gasteiger partial charge in [0, 0.05) is 38.7 Å². The zero-order valence-corrected chi connectivity index (χ0v) is 17.6. The Labute approximate surface area is 184 Å². The fourth-order valence-electron chi connectivity index (χ4n) is 4.07. The first-order chi connectivity index (χ1) is 15.3. The molecule has 2 amide bonds. The number of nitrogens with two attached hydrogens (primary N) is 1. The van der Waals surface area contributed by atoms with Crippen molar-refractivity contribution in [3.63, 3.8) is 0 Å². The number of methoxy groups -OCH3 is 1. The molecule has 0 spiro atoms. The second-order valence-electron chi connectivity index (χ2n) is 7.74. The van der Waals surface area contributed by atoms with Crippen LogP contribution in [0.5, 0.6) is 0 Å². The number of piperidine rings is 1. The lowest BCUT2D eigenvalue weighted by Gasteiger charge is -2.43. The molecule has 1 aromatic heterocycles. The quantitative estimate of drug-likeness (QED) is 0.531. The van der Waals surface area contributed by atoms with Gasteiger partial charge in [-0.05, 0) is 43.5 Å². The third-order valence-corrected chi connectivity index (χ3v) is 5.67. The van der Waals surface area contributed by atoms with E-state index in [9.17, 15) is 24.3 Å². The van der Waals surface area contributed by atoms with E-state index in [0.717, 1.165) is 0 Å². The molecule has 1 fully saturated rings. The number of amides is 2. The van der Waals surface area contributed by atoms with Gasteiger partial charge in [-0.25, -0.2) is 9.18 Å². The Hall–Kier alpha value is -3.65. The number of carbonyl (C=O) groups excluding carboxylic acids is 1. The van der Waals surface area contributed by atoms with Gasteiger partial charge < -0.3 is 25.8 Å². The summed E-state index contributed by atoms with van der Waals surface area (Å²) in [4.78, 5) is 24.8. The number of nitrogens with one attached hydrogen (secondary N) is 1. The molecule has 0 unspecified atom stereocenters. The molecule has 0 bridgehead atoms. The second-order valence-corrected chi connectivity index (χ2v) is 7.74. The van der Waals surface area contributed by atoms with Gasteiger partial charge in [-0.1, -0.05) is 0 Å². The van der Waals surface area contributed by atoms with Crippen LogP contribution in [0, 0.1) is 22.6 Å². The van der Waals surface area contributed by atoms with Gasteiger partial charge in [-0.3, -0.25) is 9.48 Å². The van der Waals surface area contributed by atoms with Crippen LogP contribution in [0.4, 0.5) is 20.7 Å². The Morgan fingerprint density at radius 2 is 2.16 bits per heavy atom. The van der Waals surface area contributed by atoms with E-state index in [-0.39, 0.29) is 24.5 Å². The summed E-state index contributed by atoms with van der Waals surface area (Å²) in [5.41, 5.74) is 5.09. The molecule has 170 valence electrons. The molecule has 32 heavy (non-hydrogen) atoms. The number of carbonyl (C=O) groups is 2. The minimum Gasteiger partial charge on any atom is -0.465 e. The van der Waals surface area contributed by atoms with E-state index in [2.05, 4.69) is 16.5 Å². The average molecular weight is 444 g/mol. The molecule has 11 heteroatoms. The molecule has 1 saturated heterocycles. The normalized spacial score (nSPS) is 20.5. The van der Waals surface area contributed by atoms with Gasteiger partial charge in [-0.2, -0.15) is 10.4 Å². The number of aromatic nitrogens is 2. The molecule has 10 nitrogen and oxygen atoms in total. The Kier molecular flexibility index (Phi) is 6.95. The number of carboxylic acid groups (broad SMARTS) is 1. The average Bonchev–Trinajstić information content (AvgIpc) is 3.19. The number of halogens is 1. The molecular weight excluding hydrogens is 419 g/mol. The van der Waals surface area contributed by atoms with Crippen molar-refractivity contribution < 1.29 is 23.8 Å². The lowest BCUT2D eigenvalue weighted by Crippen LogP contribution is -2.50. The van der Waals surface area contributed by atoms with Crippen LogP contribution in [-0.4, -0.2) is 58.6 Å². The van der Waals surface area contributed by atoms with E-state index in [1.165, 1.54) is 40.0 Å². The highest BCUT2D eigenvalue weighted by molar-refractivity contribution is 5.98. The van der Waals surface area contributed by atoms with Crippen LogP contribution in [0.1, 0.15) is 35.7 Å². The number of ether oxygens (including phenoxy) is 1. The molecule has 1 aromatic carbocycles. The van der Waals surface area contributed by atoms with Crippen LogP contribution in [0.2, 0.25) is 0 Å². The lowest BCUT2D eigenvalue weighted by molar-refractivity contribution is 0.0529. The number of likely N-dealkylation sites (tertiary alicyclic amines) is 1. The van der Waals surface area contributed by atoms with Gasteiger partial charge >= 0.3 is 6.09 Å². The Morgan fingerprint density at radius 3 is 2.75 bits per heavy atom. The van der Waals surface area contributed by atoms with Crippen molar-refractivity contribution in [3.8, 4) is 6.07 Å². The minimum atomic E-state index is -1.09. The van der Waals surface area contributed by atoms with Crippen molar-refractivity contribution in [2.75, 3.05) is 32.1 Å². The van der Waals surface area contributed by atoms with Crippen LogP contribution in [-0.2, 0) is 4.74 Å². The van der Waals surface area contributed by atoms with E-state index in [4.69, 9.17) is 10.5 Å². The maximum absolute atomic E-state index is 13.2. The van der Waals surface area contributed by atoms with Crippen LogP contribution in [0.15, 0.2) is 30.5 Å². The van der Waals surface area contributed by atoms with Crippen molar-refractivity contribution >= 4 is 23.5 Å². The predicted octanol–water partition coefficient (Wildman–Crippen LogP) is 2.73. The van der Waals surface area contributed by atoms with E-state index in [1.807, 2.05) is 0 Å². The van der Waals surface area contributed by atoms with E-state index < -0.39 is 29.3 Å². The van der Waals surface area contributed by atoms with Gasteiger partial charge in [0.2, 0.25) is 0 Å². The van der Waals surface area contributed by atoms with Crippen LogP contribution >= 0.6 is 0 Å². The van der Waals surface area contributed by atoms with Crippen molar-refractivity contribution in [2.24, 2.45) is 11.1 Å². The summed E-state index contributed by atoms with van der Waals surface area (Å²) in [5, 5.41) is 27.0. The third kappa shape index (κ3) is 4.81. The SMILES string of the molecule is COCCC[C@]1(C#N)CN(C(=O)O)CC[C@H]1n1cc(C(N)=O)c(Nc2ccc(F)cc2)n1. The summed E-state index contributed by atoms with van der Waals surface area (Å²) in [7, 11) is 1.56. The Morgan fingerprint density at radius 1 is 1.44 bits per heavy atom. The summed E-state index contributed by atoms with van der Waals surface area (Å²) in [5.74, 6) is -0.949. The smallest absolute Gasteiger partial charge is 0.407 e. The summed E-state index contributed by atoms with van der Waals surface area (Å²) in [6, 6.07) is 7.36. The summed E-state index contributed by atoms with van der Waals surface area (Å²) in [6.07, 6.45) is 1.66. The molecule has 0 radical (unpaired) electrons. The highest BCUT2D eigenvalue weighted by atomic mass is 19.1. The number of hydrogen-bond donors (Lipinski definition) is 3. The standard InChI is InChI=1S/C21H25FN6O4/c1-32-10-2-8-21(12-23)13-27(20(30)31)9-7-17(21)28-11-16(18(24)29)19(26-28)25-15-5-3-14(22)4-6-15/h3-6,11,17H,2,7-10,13H2,1H3,(H2,24,29)(H,25,26)(H,30,31)/t17-,21+/m1/s1. The summed E-state index contributed by atoms with van der Waals surface area (Å²) in [6.45, 7) is 0.659. The monoisotopic (exact) mass is 444 g/mol. The number of hydrogen-bond acceptors (Lipinski definition) is 6. The number of primary amides is 1. The van der Waals surface area contributed by atoms with Crippen LogP contribution < -0.4 is 11.1 Å². The van der Waals surface area contributed by atoms with Crippen molar-refractivity contribution in [1.29, 1.82) is 5.26 Å². The molecule has 2 atom stereocenters.